The smallest absolute Gasteiger partial charge is 0.410 e. The molecule has 0 radical (unpaired) electrons. The second kappa shape index (κ2) is 16.4. The first kappa shape index (κ1) is 38.9. The number of aliphatic hydroxyl groups is 1. The van der Waals surface area contributed by atoms with Gasteiger partial charge in [-0.05, 0) is 121 Å². The van der Waals surface area contributed by atoms with Crippen LogP contribution in [0.3, 0.4) is 0 Å². The van der Waals surface area contributed by atoms with Crippen LogP contribution in [0.2, 0.25) is 0 Å². The highest BCUT2D eigenvalue weighted by atomic mass is 16.6. The molecule has 0 bridgehead atoms. The van der Waals surface area contributed by atoms with Gasteiger partial charge in [-0.25, -0.2) is 9.59 Å². The molecule has 6 atom stereocenters. The third-order valence-corrected chi connectivity index (χ3v) is 9.32. The van der Waals surface area contributed by atoms with Gasteiger partial charge in [-0.3, -0.25) is 9.97 Å². The Kier molecular flexibility index (Phi) is 12.8. The second-order valence-corrected chi connectivity index (χ2v) is 15.6. The number of nitrogens with zero attached hydrogens (tertiary/aromatic N) is 4. The molecule has 2 aromatic heterocycles. The van der Waals surface area contributed by atoms with E-state index in [1.807, 2.05) is 66.1 Å². The topological polar surface area (TPSA) is 124 Å². The molecule has 4 aliphatic rings. The Balaban J connectivity index is 0.000000220. The molecular formula is C39H58N4O7. The Labute approximate surface area is 298 Å². The zero-order chi connectivity index (χ0) is 35.3. The summed E-state index contributed by atoms with van der Waals surface area (Å²) in [5.41, 5.74) is 1.43. The fourth-order valence-electron chi connectivity index (χ4n) is 6.17. The predicted octanol–water partition coefficient (Wildman–Crippen LogP) is 7.35. The number of aromatic nitrogens is 2. The highest BCUT2D eigenvalue weighted by molar-refractivity contribution is 5.70. The van der Waals surface area contributed by atoms with Crippen LogP contribution in [-0.4, -0.2) is 93.3 Å². The molecule has 6 rings (SSSR count). The Morgan fingerprint density at radius 3 is 1.68 bits per heavy atom. The van der Waals surface area contributed by atoms with Crippen molar-refractivity contribution in [2.24, 2.45) is 11.8 Å². The molecule has 1 N–H and O–H groups in total. The molecule has 11 nitrogen and oxygen atoms in total. The fraction of sp³-hybridized carbons (Fsp3) is 0.641. The number of likely N-dealkylation sites (tertiary alicyclic amines) is 2. The van der Waals surface area contributed by atoms with Crippen molar-refractivity contribution in [3.63, 3.8) is 0 Å². The monoisotopic (exact) mass is 694 g/mol. The minimum Gasteiger partial charge on any atom is -0.490 e. The number of carbonyl (C=O) groups excluding carboxylic acids is 2. The first-order chi connectivity index (χ1) is 23.2. The van der Waals surface area contributed by atoms with Gasteiger partial charge in [-0.2, -0.15) is 0 Å². The van der Waals surface area contributed by atoms with Crippen molar-refractivity contribution >= 4 is 12.2 Å². The number of allylic oxidation sites excluding steroid dienone is 1. The minimum atomic E-state index is -0.480. The lowest BCUT2D eigenvalue weighted by atomic mass is 10.1. The number of hydrogen-bond acceptors (Lipinski definition) is 9. The number of amides is 2. The van der Waals surface area contributed by atoms with Crippen LogP contribution in [0, 0.1) is 11.8 Å². The Morgan fingerprint density at radius 2 is 1.30 bits per heavy atom. The Hall–Kier alpha value is -3.86. The van der Waals surface area contributed by atoms with E-state index < -0.39 is 11.2 Å². The van der Waals surface area contributed by atoms with Crippen molar-refractivity contribution in [2.45, 2.75) is 116 Å². The first-order valence-corrected chi connectivity index (χ1v) is 17.6. The summed E-state index contributed by atoms with van der Waals surface area (Å²) in [5.74, 6) is 3.65. The number of hydrogen-bond donors (Lipinski definition) is 1. The molecule has 11 heteroatoms. The van der Waals surface area contributed by atoms with Crippen LogP contribution in [0.1, 0.15) is 104 Å². The summed E-state index contributed by atoms with van der Waals surface area (Å²) in [6, 6.07) is 4.22. The maximum atomic E-state index is 12.1. The quantitative estimate of drug-likeness (QED) is 0.241. The predicted molar refractivity (Wildman–Crippen MR) is 192 cm³/mol. The van der Waals surface area contributed by atoms with Crippen molar-refractivity contribution in [3.8, 4) is 11.5 Å². The molecule has 0 spiro atoms. The maximum absolute atomic E-state index is 12.1. The van der Waals surface area contributed by atoms with E-state index in [-0.39, 0.29) is 38.3 Å². The average molecular weight is 695 g/mol. The lowest BCUT2D eigenvalue weighted by Gasteiger charge is -2.41. The number of aliphatic hydroxyl groups excluding tert-OH is 1. The van der Waals surface area contributed by atoms with Gasteiger partial charge in [0.15, 0.2) is 0 Å². The van der Waals surface area contributed by atoms with Gasteiger partial charge in [-0.1, -0.05) is 13.5 Å². The third-order valence-electron chi connectivity index (χ3n) is 9.32. The molecule has 2 aliphatic heterocycles. The van der Waals surface area contributed by atoms with E-state index >= 15 is 0 Å². The van der Waals surface area contributed by atoms with E-state index in [1.54, 1.807) is 22.2 Å². The second-order valence-electron chi connectivity index (χ2n) is 15.6. The average Bonchev–Trinajstić information content (AvgIpc) is 3.91. The molecule has 4 fully saturated rings. The molecule has 2 saturated heterocycles. The summed E-state index contributed by atoms with van der Waals surface area (Å²) in [4.78, 5) is 36.2. The molecular weight excluding hydrogens is 636 g/mol. The number of carbonyl (C=O) groups is 2. The van der Waals surface area contributed by atoms with Crippen LogP contribution in [0.4, 0.5) is 9.59 Å². The van der Waals surface area contributed by atoms with Crippen molar-refractivity contribution < 1.29 is 33.6 Å². The summed E-state index contributed by atoms with van der Waals surface area (Å²) in [6.07, 6.45) is 13.7. The minimum absolute atomic E-state index is 0. The van der Waals surface area contributed by atoms with Gasteiger partial charge in [0.2, 0.25) is 0 Å². The van der Waals surface area contributed by atoms with E-state index in [0.717, 1.165) is 50.1 Å². The SMILES string of the molecule is C.C=C[C@@H]1CC1c1cncc(OC[C@@H]2CCN2C(=O)OC(C)(C)C)c1.CC(C)(C)OC(=O)N1CC[C@H]1COc1cncc(C2C[C@H]2CCO)c1. The van der Waals surface area contributed by atoms with Crippen LogP contribution in [0.25, 0.3) is 0 Å². The molecule has 2 amide bonds. The summed E-state index contributed by atoms with van der Waals surface area (Å²) >= 11 is 0. The van der Waals surface area contributed by atoms with E-state index in [0.29, 0.717) is 43.4 Å². The van der Waals surface area contributed by atoms with Gasteiger partial charge in [0.05, 0.1) is 24.5 Å². The van der Waals surface area contributed by atoms with Gasteiger partial charge < -0.3 is 33.9 Å². The summed E-state index contributed by atoms with van der Waals surface area (Å²) < 4.78 is 22.6. The normalized spacial score (nSPS) is 24.9. The number of rotatable bonds is 11. The van der Waals surface area contributed by atoms with E-state index in [2.05, 4.69) is 22.6 Å². The van der Waals surface area contributed by atoms with Gasteiger partial charge in [0.25, 0.3) is 0 Å². The molecule has 4 heterocycles. The molecule has 2 saturated carbocycles. The van der Waals surface area contributed by atoms with E-state index in [1.165, 1.54) is 11.1 Å². The highest BCUT2D eigenvalue weighted by Gasteiger charge is 2.39. The maximum Gasteiger partial charge on any atom is 0.410 e. The largest absolute Gasteiger partial charge is 0.490 e. The number of ether oxygens (including phenoxy) is 4. The van der Waals surface area contributed by atoms with Crippen LogP contribution in [-0.2, 0) is 9.47 Å². The Bertz CT molecular complexity index is 1450. The molecule has 0 aromatic carbocycles. The molecule has 2 aliphatic carbocycles. The van der Waals surface area contributed by atoms with Gasteiger partial charge in [0.1, 0.15) is 35.9 Å². The van der Waals surface area contributed by atoms with Crippen molar-refractivity contribution in [2.75, 3.05) is 32.9 Å². The van der Waals surface area contributed by atoms with Crippen molar-refractivity contribution in [1.29, 1.82) is 0 Å². The van der Waals surface area contributed by atoms with E-state index in [9.17, 15) is 9.59 Å². The Morgan fingerprint density at radius 1 is 0.820 bits per heavy atom. The molecule has 276 valence electrons. The lowest BCUT2D eigenvalue weighted by Crippen LogP contribution is -2.55. The van der Waals surface area contributed by atoms with Gasteiger partial charge in [-0.15, -0.1) is 6.58 Å². The van der Waals surface area contributed by atoms with Crippen LogP contribution in [0.5, 0.6) is 11.5 Å². The first-order valence-electron chi connectivity index (χ1n) is 17.6. The van der Waals surface area contributed by atoms with E-state index in [4.69, 9.17) is 24.1 Å². The standard InChI is InChI=1S/C19H28N2O4.C19H26N2O3.CH4/c1-19(2,3)25-18(23)21-6-4-15(21)12-24-16-8-14(10-20-11-16)17-9-13(17)5-7-22;1-5-13-9-17(13)14-8-16(11-20-10-14)23-12-15-6-7-21(15)18(22)24-19(2,3)4;/h8,10-11,13,15,17,22H,4-7,9,12H2,1-3H3;5,8,10-11,13,15,17H,1,6-7,9,12H2,2-4H3;1H4/t2*13-,15+,17?;/m11./s1. The summed E-state index contributed by atoms with van der Waals surface area (Å²) in [6.45, 7) is 17.7. The molecule has 2 aromatic rings. The number of pyridine rings is 2. The van der Waals surface area contributed by atoms with Crippen LogP contribution in [0.15, 0.2) is 49.6 Å². The van der Waals surface area contributed by atoms with Crippen molar-refractivity contribution in [1.82, 2.24) is 19.8 Å². The third kappa shape index (κ3) is 10.8. The highest BCUT2D eigenvalue weighted by Crippen LogP contribution is 2.50. The summed E-state index contributed by atoms with van der Waals surface area (Å²) in [5, 5.41) is 9.03. The van der Waals surface area contributed by atoms with Crippen LogP contribution < -0.4 is 9.47 Å². The fourth-order valence-corrected chi connectivity index (χ4v) is 6.17. The molecule has 2 unspecified atom stereocenters. The summed E-state index contributed by atoms with van der Waals surface area (Å²) in [7, 11) is 0. The van der Waals surface area contributed by atoms with Gasteiger partial charge in [0, 0.05) is 32.1 Å². The van der Waals surface area contributed by atoms with Crippen molar-refractivity contribution in [3.05, 3.63) is 60.7 Å². The zero-order valence-corrected chi connectivity index (χ0v) is 30.0. The van der Waals surface area contributed by atoms with Gasteiger partial charge >= 0.3 is 12.2 Å². The lowest BCUT2D eigenvalue weighted by molar-refractivity contribution is -0.0149. The van der Waals surface area contributed by atoms with Crippen LogP contribution >= 0.6 is 0 Å². The molecule has 50 heavy (non-hydrogen) atoms. The zero-order valence-electron chi connectivity index (χ0n) is 30.0.